The van der Waals surface area contributed by atoms with Gasteiger partial charge in [0.15, 0.2) is 0 Å². The molecule has 1 aromatic heterocycles. The van der Waals surface area contributed by atoms with Gasteiger partial charge >= 0.3 is 0 Å². The largest absolute Gasteiger partial charge is 0.361 e. The maximum absolute atomic E-state index is 12.0. The normalized spacial score (nSPS) is 18.6. The highest BCUT2D eigenvalue weighted by molar-refractivity contribution is 5.81. The molecule has 6 heteroatoms. The number of hydrogen-bond acceptors (Lipinski definition) is 4. The molecule has 1 fully saturated rings. The van der Waals surface area contributed by atoms with Crippen molar-refractivity contribution >= 4 is 11.8 Å². The van der Waals surface area contributed by atoms with Gasteiger partial charge < -0.3 is 14.7 Å². The molecule has 1 aromatic rings. The molecule has 0 aromatic carbocycles. The first-order valence-electron chi connectivity index (χ1n) is 6.99. The van der Waals surface area contributed by atoms with Crippen LogP contribution in [0.3, 0.4) is 0 Å². The van der Waals surface area contributed by atoms with Crippen LogP contribution in [0.25, 0.3) is 0 Å². The zero-order valence-electron chi connectivity index (χ0n) is 12.2. The lowest BCUT2D eigenvalue weighted by Crippen LogP contribution is -2.34. The van der Waals surface area contributed by atoms with E-state index in [2.05, 4.69) is 10.5 Å². The van der Waals surface area contributed by atoms with E-state index in [0.29, 0.717) is 19.4 Å². The van der Waals surface area contributed by atoms with Crippen molar-refractivity contribution in [1.29, 1.82) is 0 Å². The zero-order valence-corrected chi connectivity index (χ0v) is 12.2. The standard InChI is InChI=1S/C14H21N3O3/c1-4-12-11(9(2)20-16-12)8-15-13(18)7-10-5-6-14(19)17(10)3/h10H,4-8H2,1-3H3,(H,15,18)/t10-/m1/s1. The summed E-state index contributed by atoms with van der Waals surface area (Å²) in [7, 11) is 1.76. The monoisotopic (exact) mass is 279 g/mol. The molecular formula is C14H21N3O3. The highest BCUT2D eigenvalue weighted by Crippen LogP contribution is 2.19. The summed E-state index contributed by atoms with van der Waals surface area (Å²) in [6.45, 7) is 4.28. The SMILES string of the molecule is CCc1noc(C)c1CNC(=O)C[C@H]1CCC(=O)N1C. The average Bonchev–Trinajstić information content (AvgIpc) is 2.93. The van der Waals surface area contributed by atoms with Crippen molar-refractivity contribution in [2.24, 2.45) is 0 Å². The Kier molecular flexibility index (Phi) is 4.42. The second-order valence-electron chi connectivity index (χ2n) is 5.20. The first-order valence-corrected chi connectivity index (χ1v) is 6.99. The number of rotatable bonds is 5. The number of likely N-dealkylation sites (tertiary alicyclic amines) is 1. The number of aromatic nitrogens is 1. The number of nitrogens with zero attached hydrogens (tertiary/aromatic N) is 2. The summed E-state index contributed by atoms with van der Waals surface area (Å²) in [6, 6.07) is 0.0247. The van der Waals surface area contributed by atoms with E-state index < -0.39 is 0 Å². The van der Waals surface area contributed by atoms with Crippen molar-refractivity contribution in [2.75, 3.05) is 7.05 Å². The molecule has 0 saturated carbocycles. The summed E-state index contributed by atoms with van der Waals surface area (Å²) < 4.78 is 5.13. The van der Waals surface area contributed by atoms with Crippen LogP contribution < -0.4 is 5.32 Å². The van der Waals surface area contributed by atoms with Gasteiger partial charge in [0.1, 0.15) is 5.76 Å². The molecule has 0 spiro atoms. The van der Waals surface area contributed by atoms with Crippen LogP contribution >= 0.6 is 0 Å². The van der Waals surface area contributed by atoms with E-state index in [-0.39, 0.29) is 17.9 Å². The lowest BCUT2D eigenvalue weighted by Gasteiger charge is -2.19. The number of nitrogens with one attached hydrogen (secondary N) is 1. The van der Waals surface area contributed by atoms with Gasteiger partial charge in [-0.05, 0) is 19.8 Å². The molecule has 20 heavy (non-hydrogen) atoms. The van der Waals surface area contributed by atoms with Gasteiger partial charge in [-0.3, -0.25) is 9.59 Å². The van der Waals surface area contributed by atoms with E-state index in [1.54, 1.807) is 11.9 Å². The fraction of sp³-hybridized carbons (Fsp3) is 0.643. The Morgan fingerprint density at radius 3 is 2.90 bits per heavy atom. The minimum absolute atomic E-state index is 0.0247. The molecule has 1 N–H and O–H groups in total. The average molecular weight is 279 g/mol. The highest BCUT2D eigenvalue weighted by Gasteiger charge is 2.29. The Morgan fingerprint density at radius 1 is 1.55 bits per heavy atom. The number of aryl methyl sites for hydroxylation is 2. The van der Waals surface area contributed by atoms with Gasteiger partial charge in [-0.25, -0.2) is 0 Å². The molecule has 2 rings (SSSR count). The summed E-state index contributed by atoms with van der Waals surface area (Å²) in [5.41, 5.74) is 1.84. The minimum Gasteiger partial charge on any atom is -0.361 e. The highest BCUT2D eigenvalue weighted by atomic mass is 16.5. The molecule has 0 radical (unpaired) electrons. The Bertz CT molecular complexity index is 510. The molecule has 2 amide bonds. The second-order valence-corrected chi connectivity index (χ2v) is 5.20. The van der Waals surface area contributed by atoms with E-state index in [1.807, 2.05) is 13.8 Å². The van der Waals surface area contributed by atoms with Crippen molar-refractivity contribution in [3.63, 3.8) is 0 Å². The molecule has 2 heterocycles. The van der Waals surface area contributed by atoms with Crippen LogP contribution in [0.2, 0.25) is 0 Å². The fourth-order valence-electron chi connectivity index (χ4n) is 2.52. The van der Waals surface area contributed by atoms with Gasteiger partial charge in [-0.2, -0.15) is 0 Å². The van der Waals surface area contributed by atoms with Crippen LogP contribution in [0.4, 0.5) is 0 Å². The summed E-state index contributed by atoms with van der Waals surface area (Å²) in [4.78, 5) is 25.0. The van der Waals surface area contributed by atoms with Gasteiger partial charge in [-0.15, -0.1) is 0 Å². The predicted molar refractivity (Wildman–Crippen MR) is 72.9 cm³/mol. The summed E-state index contributed by atoms with van der Waals surface area (Å²) in [5.74, 6) is 0.820. The molecule has 1 aliphatic heterocycles. The first kappa shape index (κ1) is 14.6. The molecule has 0 unspecified atom stereocenters. The molecular weight excluding hydrogens is 258 g/mol. The topological polar surface area (TPSA) is 75.4 Å². The van der Waals surface area contributed by atoms with E-state index in [0.717, 1.165) is 29.9 Å². The van der Waals surface area contributed by atoms with Crippen molar-refractivity contribution in [3.05, 3.63) is 17.0 Å². The Balaban J connectivity index is 1.86. The number of amides is 2. The van der Waals surface area contributed by atoms with E-state index in [1.165, 1.54) is 0 Å². The quantitative estimate of drug-likeness (QED) is 0.878. The molecule has 1 saturated heterocycles. The lowest BCUT2D eigenvalue weighted by atomic mass is 10.1. The van der Waals surface area contributed by atoms with Crippen LogP contribution in [0.15, 0.2) is 4.52 Å². The molecule has 0 aliphatic carbocycles. The lowest BCUT2D eigenvalue weighted by molar-refractivity contribution is -0.128. The van der Waals surface area contributed by atoms with Crippen LogP contribution in [0.1, 0.15) is 43.2 Å². The zero-order chi connectivity index (χ0) is 14.7. The third-order valence-corrected chi connectivity index (χ3v) is 3.92. The minimum atomic E-state index is -0.0424. The predicted octanol–water partition coefficient (Wildman–Crippen LogP) is 1.17. The second kappa shape index (κ2) is 6.07. The summed E-state index contributed by atoms with van der Waals surface area (Å²) in [5, 5.41) is 6.84. The summed E-state index contributed by atoms with van der Waals surface area (Å²) >= 11 is 0. The number of carbonyl (C=O) groups excluding carboxylic acids is 2. The van der Waals surface area contributed by atoms with Crippen molar-refractivity contribution in [1.82, 2.24) is 15.4 Å². The van der Waals surface area contributed by atoms with Gasteiger partial charge in [0.2, 0.25) is 11.8 Å². The molecule has 1 aliphatic rings. The van der Waals surface area contributed by atoms with Crippen LogP contribution in [-0.4, -0.2) is 35.0 Å². The maximum Gasteiger partial charge on any atom is 0.222 e. The van der Waals surface area contributed by atoms with E-state index in [9.17, 15) is 9.59 Å². The Morgan fingerprint density at radius 2 is 2.30 bits per heavy atom. The van der Waals surface area contributed by atoms with E-state index in [4.69, 9.17) is 4.52 Å². The third kappa shape index (κ3) is 3.00. The molecule has 1 atom stereocenters. The van der Waals surface area contributed by atoms with Gasteiger partial charge in [0.05, 0.1) is 5.69 Å². The smallest absolute Gasteiger partial charge is 0.222 e. The summed E-state index contributed by atoms with van der Waals surface area (Å²) in [6.07, 6.45) is 2.44. The third-order valence-electron chi connectivity index (χ3n) is 3.92. The van der Waals surface area contributed by atoms with Crippen LogP contribution in [0, 0.1) is 6.92 Å². The molecule has 6 nitrogen and oxygen atoms in total. The van der Waals surface area contributed by atoms with Crippen molar-refractivity contribution in [2.45, 2.75) is 52.1 Å². The van der Waals surface area contributed by atoms with E-state index >= 15 is 0 Å². The molecule has 0 bridgehead atoms. The van der Waals surface area contributed by atoms with Gasteiger partial charge in [0.25, 0.3) is 0 Å². The van der Waals surface area contributed by atoms with Gasteiger partial charge in [0, 0.05) is 38.0 Å². The number of carbonyl (C=O) groups is 2. The molecule has 110 valence electrons. The first-order chi connectivity index (χ1) is 9.52. The van der Waals surface area contributed by atoms with Crippen molar-refractivity contribution in [3.8, 4) is 0 Å². The fourth-order valence-corrected chi connectivity index (χ4v) is 2.52. The Hall–Kier alpha value is -1.85. The van der Waals surface area contributed by atoms with Gasteiger partial charge in [-0.1, -0.05) is 12.1 Å². The van der Waals surface area contributed by atoms with Crippen LogP contribution in [-0.2, 0) is 22.6 Å². The number of hydrogen-bond donors (Lipinski definition) is 1. The maximum atomic E-state index is 12.0. The van der Waals surface area contributed by atoms with Crippen LogP contribution in [0.5, 0.6) is 0 Å². The van der Waals surface area contributed by atoms with Crippen molar-refractivity contribution < 1.29 is 14.1 Å². The Labute approximate surface area is 118 Å².